The van der Waals surface area contributed by atoms with Crippen LogP contribution >= 0.6 is 7.92 Å². The highest BCUT2D eigenvalue weighted by molar-refractivity contribution is 7.67. The summed E-state index contributed by atoms with van der Waals surface area (Å²) in [5.41, 5.74) is 3.37. The fourth-order valence-corrected chi connectivity index (χ4v) is 6.63. The lowest BCUT2D eigenvalue weighted by atomic mass is 9.97. The van der Waals surface area contributed by atoms with Gasteiger partial charge < -0.3 is 5.11 Å². The summed E-state index contributed by atoms with van der Waals surface area (Å²) in [6.07, 6.45) is 0. The van der Waals surface area contributed by atoms with E-state index in [9.17, 15) is 5.11 Å². The molecule has 0 aromatic heterocycles. The maximum absolute atomic E-state index is 10.7. The Kier molecular flexibility index (Phi) is 4.92. The van der Waals surface area contributed by atoms with E-state index in [0.29, 0.717) is 17.1 Å². The highest BCUT2D eigenvalue weighted by Gasteiger charge is 2.23. The van der Waals surface area contributed by atoms with E-state index >= 15 is 0 Å². The van der Waals surface area contributed by atoms with Gasteiger partial charge in [-0.1, -0.05) is 90.2 Å². The van der Waals surface area contributed by atoms with Crippen molar-refractivity contribution in [3.8, 4) is 16.9 Å². The van der Waals surface area contributed by atoms with Gasteiger partial charge in [-0.15, -0.1) is 0 Å². The molecule has 0 unspecified atom stereocenters. The van der Waals surface area contributed by atoms with E-state index in [1.165, 1.54) is 16.3 Å². The zero-order chi connectivity index (χ0) is 17.3. The lowest BCUT2D eigenvalue weighted by molar-refractivity contribution is 0.478. The standard InChI is InChI=1S/C22H25OP/c1-15(2)24(16(3)4)21-12-8-7-11-19(21)22-18-10-6-5-9-17(18)13-14-20(22)23/h5-16,23H,1-4H3. The number of benzene rings is 3. The Bertz CT molecular complexity index is 843. The van der Waals surface area contributed by atoms with Gasteiger partial charge in [0, 0.05) is 5.56 Å². The first-order valence-electron chi connectivity index (χ1n) is 8.59. The van der Waals surface area contributed by atoms with Gasteiger partial charge in [0.25, 0.3) is 0 Å². The fraction of sp³-hybridized carbons (Fsp3) is 0.273. The van der Waals surface area contributed by atoms with Crippen molar-refractivity contribution in [3.05, 3.63) is 60.7 Å². The Morgan fingerprint density at radius 2 is 1.38 bits per heavy atom. The van der Waals surface area contributed by atoms with Gasteiger partial charge in [0.15, 0.2) is 0 Å². The molecule has 24 heavy (non-hydrogen) atoms. The third-order valence-corrected chi connectivity index (χ3v) is 7.64. The van der Waals surface area contributed by atoms with Gasteiger partial charge in [-0.3, -0.25) is 0 Å². The molecule has 0 radical (unpaired) electrons. The summed E-state index contributed by atoms with van der Waals surface area (Å²) < 4.78 is 0. The van der Waals surface area contributed by atoms with E-state index in [2.05, 4.69) is 64.1 Å². The number of phenols is 1. The van der Waals surface area contributed by atoms with Gasteiger partial charge >= 0.3 is 0 Å². The van der Waals surface area contributed by atoms with Crippen LogP contribution in [-0.4, -0.2) is 16.4 Å². The largest absolute Gasteiger partial charge is 0.507 e. The minimum Gasteiger partial charge on any atom is -0.507 e. The van der Waals surface area contributed by atoms with Crippen molar-refractivity contribution in [3.63, 3.8) is 0 Å². The van der Waals surface area contributed by atoms with Gasteiger partial charge in [-0.05, 0) is 39.0 Å². The predicted octanol–water partition coefficient (Wildman–Crippen LogP) is 6.14. The topological polar surface area (TPSA) is 20.2 Å². The average Bonchev–Trinajstić information content (AvgIpc) is 2.55. The molecule has 124 valence electrons. The van der Waals surface area contributed by atoms with E-state index in [1.54, 1.807) is 0 Å². The zero-order valence-electron chi connectivity index (χ0n) is 14.8. The van der Waals surface area contributed by atoms with Crippen molar-refractivity contribution in [1.29, 1.82) is 0 Å². The number of fused-ring (bicyclic) bond motifs is 1. The summed E-state index contributed by atoms with van der Waals surface area (Å²) in [5, 5.41) is 14.3. The monoisotopic (exact) mass is 336 g/mol. The second-order valence-electron chi connectivity index (χ2n) is 6.79. The van der Waals surface area contributed by atoms with E-state index in [-0.39, 0.29) is 7.92 Å². The molecule has 3 aromatic carbocycles. The minimum atomic E-state index is -0.297. The summed E-state index contributed by atoms with van der Waals surface area (Å²) in [6.45, 7) is 9.24. The van der Waals surface area contributed by atoms with Crippen molar-refractivity contribution >= 4 is 24.0 Å². The quantitative estimate of drug-likeness (QED) is 0.568. The summed E-state index contributed by atoms with van der Waals surface area (Å²) >= 11 is 0. The number of aromatic hydroxyl groups is 1. The molecule has 1 N–H and O–H groups in total. The van der Waals surface area contributed by atoms with Crippen LogP contribution in [0.15, 0.2) is 60.7 Å². The van der Waals surface area contributed by atoms with E-state index < -0.39 is 0 Å². The molecule has 3 aromatic rings. The van der Waals surface area contributed by atoms with E-state index in [4.69, 9.17) is 0 Å². The molecule has 0 spiro atoms. The van der Waals surface area contributed by atoms with E-state index in [1.807, 2.05) is 24.3 Å². The van der Waals surface area contributed by atoms with Crippen molar-refractivity contribution in [1.82, 2.24) is 0 Å². The SMILES string of the molecule is CC(C)P(c1ccccc1-c1c(O)ccc2ccccc12)C(C)C. The number of hydrogen-bond donors (Lipinski definition) is 1. The molecule has 0 saturated heterocycles. The molecule has 0 aliphatic heterocycles. The van der Waals surface area contributed by atoms with Gasteiger partial charge in [0.2, 0.25) is 0 Å². The molecular weight excluding hydrogens is 311 g/mol. The third kappa shape index (κ3) is 3.06. The maximum atomic E-state index is 10.7. The summed E-state index contributed by atoms with van der Waals surface area (Å²) in [7, 11) is -0.297. The highest BCUT2D eigenvalue weighted by Crippen LogP contribution is 2.48. The molecule has 0 aliphatic carbocycles. The van der Waals surface area contributed by atoms with Crippen LogP contribution in [0.2, 0.25) is 0 Å². The number of hydrogen-bond acceptors (Lipinski definition) is 1. The Labute approximate surface area is 146 Å². The van der Waals surface area contributed by atoms with Gasteiger partial charge in [-0.25, -0.2) is 0 Å². The lowest BCUT2D eigenvalue weighted by Crippen LogP contribution is -2.17. The molecule has 1 nitrogen and oxygen atoms in total. The molecule has 0 atom stereocenters. The molecule has 0 amide bonds. The minimum absolute atomic E-state index is 0.297. The van der Waals surface area contributed by atoms with Crippen LogP contribution in [0, 0.1) is 0 Å². The first-order chi connectivity index (χ1) is 11.5. The van der Waals surface area contributed by atoms with Crippen LogP contribution in [0.3, 0.4) is 0 Å². The van der Waals surface area contributed by atoms with Crippen LogP contribution in [0.4, 0.5) is 0 Å². The highest BCUT2D eigenvalue weighted by atomic mass is 31.1. The molecule has 0 heterocycles. The molecule has 3 rings (SSSR count). The van der Waals surface area contributed by atoms with E-state index in [0.717, 1.165) is 10.9 Å². The van der Waals surface area contributed by atoms with Crippen LogP contribution in [0.1, 0.15) is 27.7 Å². The number of phenolic OH excluding ortho intramolecular Hbond substituents is 1. The van der Waals surface area contributed by atoms with Crippen LogP contribution in [0.25, 0.3) is 21.9 Å². The van der Waals surface area contributed by atoms with Crippen molar-refractivity contribution in [2.45, 2.75) is 39.0 Å². The van der Waals surface area contributed by atoms with Crippen LogP contribution in [-0.2, 0) is 0 Å². The first-order valence-corrected chi connectivity index (χ1v) is 10.1. The smallest absolute Gasteiger partial charge is 0.124 e. The molecule has 2 heteroatoms. The molecule has 0 fully saturated rings. The average molecular weight is 336 g/mol. The predicted molar refractivity (Wildman–Crippen MR) is 108 cm³/mol. The normalized spacial score (nSPS) is 11.8. The van der Waals surface area contributed by atoms with Crippen LogP contribution < -0.4 is 5.30 Å². The Morgan fingerprint density at radius 1 is 0.750 bits per heavy atom. The maximum Gasteiger partial charge on any atom is 0.124 e. The second-order valence-corrected chi connectivity index (χ2v) is 10.2. The zero-order valence-corrected chi connectivity index (χ0v) is 15.7. The van der Waals surface area contributed by atoms with Gasteiger partial charge in [0.1, 0.15) is 5.75 Å². The summed E-state index contributed by atoms with van der Waals surface area (Å²) in [6, 6.07) is 20.7. The van der Waals surface area contributed by atoms with Gasteiger partial charge in [-0.2, -0.15) is 0 Å². The number of rotatable bonds is 4. The summed E-state index contributed by atoms with van der Waals surface area (Å²) in [4.78, 5) is 0. The Hall–Kier alpha value is -1.85. The molecule has 0 saturated carbocycles. The Morgan fingerprint density at radius 3 is 2.08 bits per heavy atom. The van der Waals surface area contributed by atoms with Crippen LogP contribution in [0.5, 0.6) is 5.75 Å². The second kappa shape index (κ2) is 6.95. The third-order valence-electron chi connectivity index (χ3n) is 4.47. The first kappa shape index (κ1) is 17.0. The molecule has 0 aliphatic rings. The summed E-state index contributed by atoms with van der Waals surface area (Å²) in [5.74, 6) is 0.364. The van der Waals surface area contributed by atoms with Crippen molar-refractivity contribution < 1.29 is 5.11 Å². The fourth-order valence-electron chi connectivity index (χ4n) is 3.61. The lowest BCUT2D eigenvalue weighted by Gasteiger charge is -2.29. The Balaban J connectivity index is 2.31. The van der Waals surface area contributed by atoms with Gasteiger partial charge in [0.05, 0.1) is 0 Å². The van der Waals surface area contributed by atoms with Crippen molar-refractivity contribution in [2.75, 3.05) is 0 Å². The molecular formula is C22H25OP. The van der Waals surface area contributed by atoms with Crippen molar-refractivity contribution in [2.24, 2.45) is 0 Å². The molecule has 0 bridgehead atoms.